The molecule has 1 aromatic heterocycles. The maximum absolute atomic E-state index is 4.60. The summed E-state index contributed by atoms with van der Waals surface area (Å²) in [7, 11) is 0. The van der Waals surface area contributed by atoms with Crippen LogP contribution < -0.4 is 0 Å². The van der Waals surface area contributed by atoms with Gasteiger partial charge in [-0.2, -0.15) is 9.78 Å². The highest BCUT2D eigenvalue weighted by molar-refractivity contribution is 7.98. The van der Waals surface area contributed by atoms with Crippen molar-refractivity contribution in [3.8, 4) is 0 Å². The van der Waals surface area contributed by atoms with Gasteiger partial charge in [0.05, 0.1) is 6.21 Å². The number of nitrogens with zero attached hydrogens (tertiary/aromatic N) is 4. The first-order valence-electron chi connectivity index (χ1n) is 7.95. The van der Waals surface area contributed by atoms with Gasteiger partial charge in [-0.05, 0) is 29.4 Å². The van der Waals surface area contributed by atoms with Crippen LogP contribution in [0.2, 0.25) is 0 Å². The Hall–Kier alpha value is -2.40. The fourth-order valence-electron chi connectivity index (χ4n) is 2.39. The second kappa shape index (κ2) is 7.93. The lowest BCUT2D eigenvalue weighted by molar-refractivity contribution is 0.730. The Bertz CT molecular complexity index is 807. The molecule has 0 aliphatic heterocycles. The molecule has 4 nitrogen and oxygen atoms in total. The average molecular weight is 336 g/mol. The van der Waals surface area contributed by atoms with Crippen molar-refractivity contribution in [2.24, 2.45) is 5.10 Å². The van der Waals surface area contributed by atoms with Crippen LogP contribution >= 0.6 is 11.8 Å². The minimum atomic E-state index is 0.709. The van der Waals surface area contributed by atoms with Gasteiger partial charge in [0.25, 0.3) is 0 Å². The smallest absolute Gasteiger partial charge is 0.191 e. The topological polar surface area (TPSA) is 43.1 Å². The van der Waals surface area contributed by atoms with Crippen LogP contribution in [0.4, 0.5) is 0 Å². The maximum atomic E-state index is 4.60. The van der Waals surface area contributed by atoms with Gasteiger partial charge < -0.3 is 0 Å². The molecule has 3 aromatic rings. The van der Waals surface area contributed by atoms with E-state index in [0.717, 1.165) is 23.0 Å². The van der Waals surface area contributed by atoms with E-state index in [9.17, 15) is 0 Å². The summed E-state index contributed by atoms with van der Waals surface area (Å²) >= 11 is 1.54. The second-order valence-electron chi connectivity index (χ2n) is 5.42. The van der Waals surface area contributed by atoms with Crippen LogP contribution in [-0.2, 0) is 12.8 Å². The van der Waals surface area contributed by atoms with Crippen molar-refractivity contribution in [1.29, 1.82) is 0 Å². The van der Waals surface area contributed by atoms with E-state index >= 15 is 0 Å². The number of aryl methyl sites for hydroxylation is 1. The van der Waals surface area contributed by atoms with Gasteiger partial charge in [0, 0.05) is 6.42 Å². The van der Waals surface area contributed by atoms with Gasteiger partial charge in [-0.15, -0.1) is 10.2 Å². The first kappa shape index (κ1) is 16.5. The molecule has 0 N–H and O–H groups in total. The van der Waals surface area contributed by atoms with Gasteiger partial charge in [0.2, 0.25) is 5.16 Å². The Labute approximate surface area is 146 Å². The summed E-state index contributed by atoms with van der Waals surface area (Å²) in [4.78, 5) is 0. The van der Waals surface area contributed by atoms with E-state index in [1.54, 1.807) is 11.8 Å². The minimum absolute atomic E-state index is 0.709. The molecule has 0 saturated carbocycles. The van der Waals surface area contributed by atoms with Gasteiger partial charge in [-0.25, -0.2) is 0 Å². The first-order valence-corrected chi connectivity index (χ1v) is 9.18. The molecule has 0 amide bonds. The largest absolute Gasteiger partial charge is 0.211 e. The monoisotopic (exact) mass is 336 g/mol. The Morgan fingerprint density at radius 3 is 2.42 bits per heavy atom. The lowest BCUT2D eigenvalue weighted by Crippen LogP contribution is -2.01. The van der Waals surface area contributed by atoms with E-state index < -0.39 is 0 Å². The Balaban J connectivity index is 1.85. The molecule has 3 rings (SSSR count). The first-order chi connectivity index (χ1) is 11.8. The highest BCUT2D eigenvalue weighted by atomic mass is 32.2. The molecule has 122 valence electrons. The van der Waals surface area contributed by atoms with Crippen molar-refractivity contribution < 1.29 is 0 Å². The standard InChI is InChI=1S/C19H20N4S/c1-3-15-9-11-17(12-10-15)14-20-23-18(21-22-19(23)24-2)13-16-7-5-4-6-8-16/h4-12,14H,3,13H2,1-2H3/b20-14-. The molecule has 1 heterocycles. The third-order valence-electron chi connectivity index (χ3n) is 3.77. The van der Waals surface area contributed by atoms with Crippen LogP contribution in [-0.4, -0.2) is 27.3 Å². The van der Waals surface area contributed by atoms with Crippen molar-refractivity contribution in [3.63, 3.8) is 0 Å². The van der Waals surface area contributed by atoms with Gasteiger partial charge in [-0.1, -0.05) is 73.3 Å². The molecule has 2 aromatic carbocycles. The zero-order valence-electron chi connectivity index (χ0n) is 13.9. The van der Waals surface area contributed by atoms with Gasteiger partial charge in [0.1, 0.15) is 0 Å². The summed E-state index contributed by atoms with van der Waals surface area (Å²) in [6.07, 6.45) is 5.59. The van der Waals surface area contributed by atoms with E-state index in [-0.39, 0.29) is 0 Å². The van der Waals surface area contributed by atoms with Crippen molar-refractivity contribution in [2.75, 3.05) is 6.26 Å². The summed E-state index contributed by atoms with van der Waals surface area (Å²) in [5.74, 6) is 0.840. The normalized spacial score (nSPS) is 11.2. The van der Waals surface area contributed by atoms with E-state index in [2.05, 4.69) is 58.6 Å². The van der Waals surface area contributed by atoms with Crippen molar-refractivity contribution >= 4 is 18.0 Å². The summed E-state index contributed by atoms with van der Waals surface area (Å²) < 4.78 is 1.82. The number of aromatic nitrogens is 3. The molecule has 0 bridgehead atoms. The quantitative estimate of drug-likeness (QED) is 0.504. The molecular weight excluding hydrogens is 316 g/mol. The summed E-state index contributed by atoms with van der Waals surface area (Å²) in [6.45, 7) is 2.15. The van der Waals surface area contributed by atoms with E-state index in [1.807, 2.05) is 35.3 Å². The van der Waals surface area contributed by atoms with Crippen LogP contribution in [0.1, 0.15) is 29.4 Å². The maximum Gasteiger partial charge on any atom is 0.211 e. The average Bonchev–Trinajstić information content (AvgIpc) is 3.03. The fourth-order valence-corrected chi connectivity index (χ4v) is 2.84. The molecule has 0 saturated heterocycles. The van der Waals surface area contributed by atoms with Crippen molar-refractivity contribution in [2.45, 2.75) is 24.9 Å². The highest BCUT2D eigenvalue weighted by Crippen LogP contribution is 2.16. The predicted molar refractivity (Wildman–Crippen MR) is 99.9 cm³/mol. The van der Waals surface area contributed by atoms with Crippen molar-refractivity contribution in [1.82, 2.24) is 14.9 Å². The Kier molecular flexibility index (Phi) is 5.43. The third kappa shape index (κ3) is 3.92. The Morgan fingerprint density at radius 2 is 1.75 bits per heavy atom. The van der Waals surface area contributed by atoms with E-state index in [0.29, 0.717) is 6.42 Å². The molecule has 24 heavy (non-hydrogen) atoms. The molecule has 5 heteroatoms. The zero-order valence-corrected chi connectivity index (χ0v) is 14.7. The molecule has 0 aliphatic rings. The van der Waals surface area contributed by atoms with Gasteiger partial charge in [-0.3, -0.25) is 0 Å². The molecule has 0 aliphatic carbocycles. The summed E-state index contributed by atoms with van der Waals surface area (Å²) in [5.41, 5.74) is 3.59. The van der Waals surface area contributed by atoms with E-state index in [1.165, 1.54) is 11.1 Å². The van der Waals surface area contributed by atoms with Crippen LogP contribution in [0, 0.1) is 0 Å². The lowest BCUT2D eigenvalue weighted by Gasteiger charge is -2.03. The van der Waals surface area contributed by atoms with Gasteiger partial charge in [0.15, 0.2) is 5.82 Å². The van der Waals surface area contributed by atoms with Gasteiger partial charge >= 0.3 is 0 Å². The molecule has 0 fully saturated rings. The molecular formula is C19H20N4S. The van der Waals surface area contributed by atoms with Crippen LogP contribution in [0.15, 0.2) is 64.9 Å². The minimum Gasteiger partial charge on any atom is -0.191 e. The van der Waals surface area contributed by atoms with Crippen molar-refractivity contribution in [3.05, 3.63) is 77.1 Å². The number of hydrogen-bond donors (Lipinski definition) is 0. The SMILES string of the molecule is CCc1ccc(/C=N\n2c(Cc3ccccc3)nnc2SC)cc1. The number of thioether (sulfide) groups is 1. The summed E-state index contributed by atoms with van der Waals surface area (Å²) in [5, 5.41) is 13.9. The highest BCUT2D eigenvalue weighted by Gasteiger charge is 2.11. The number of hydrogen-bond acceptors (Lipinski definition) is 4. The molecule has 0 spiro atoms. The van der Waals surface area contributed by atoms with Crippen LogP contribution in [0.3, 0.4) is 0 Å². The lowest BCUT2D eigenvalue weighted by atomic mass is 10.1. The molecule has 0 unspecified atom stereocenters. The zero-order chi connectivity index (χ0) is 16.8. The summed E-state index contributed by atoms with van der Waals surface area (Å²) in [6, 6.07) is 18.7. The molecule has 0 atom stereocenters. The van der Waals surface area contributed by atoms with Crippen LogP contribution in [0.25, 0.3) is 0 Å². The second-order valence-corrected chi connectivity index (χ2v) is 6.19. The fraction of sp³-hybridized carbons (Fsp3) is 0.211. The Morgan fingerprint density at radius 1 is 1.00 bits per heavy atom. The number of rotatable bonds is 6. The number of benzene rings is 2. The van der Waals surface area contributed by atoms with E-state index in [4.69, 9.17) is 0 Å². The molecule has 0 radical (unpaired) electrons. The third-order valence-corrected chi connectivity index (χ3v) is 4.39. The van der Waals surface area contributed by atoms with Crippen LogP contribution in [0.5, 0.6) is 0 Å². The predicted octanol–water partition coefficient (Wildman–Crippen LogP) is 4.04.